The van der Waals surface area contributed by atoms with Crippen molar-refractivity contribution in [3.05, 3.63) is 53.6 Å². The highest BCUT2D eigenvalue weighted by molar-refractivity contribution is 6.13. The van der Waals surface area contributed by atoms with E-state index < -0.39 is 6.10 Å². The highest BCUT2D eigenvalue weighted by Gasteiger charge is 2.17. The van der Waals surface area contributed by atoms with Gasteiger partial charge in [-0.05, 0) is 45.4 Å². The van der Waals surface area contributed by atoms with Crippen LogP contribution in [0.5, 0.6) is 5.88 Å². The van der Waals surface area contributed by atoms with Crippen molar-refractivity contribution in [2.24, 2.45) is 4.99 Å². The molecule has 0 bridgehead atoms. The summed E-state index contributed by atoms with van der Waals surface area (Å²) in [6, 6.07) is 5.72. The quantitative estimate of drug-likeness (QED) is 0.439. The molecule has 0 saturated heterocycles. The Labute approximate surface area is 174 Å². The number of H-pyrrole nitrogens is 1. The topological polar surface area (TPSA) is 112 Å². The number of aliphatic hydroxyl groups excluding tert-OH is 1. The minimum Gasteiger partial charge on any atom is -0.494 e. The van der Waals surface area contributed by atoms with Gasteiger partial charge in [0.15, 0.2) is 11.7 Å². The van der Waals surface area contributed by atoms with Crippen LogP contribution < -0.4 is 0 Å². The van der Waals surface area contributed by atoms with Crippen molar-refractivity contribution in [1.82, 2.24) is 24.7 Å². The summed E-state index contributed by atoms with van der Waals surface area (Å²) >= 11 is 0. The van der Waals surface area contributed by atoms with E-state index in [2.05, 4.69) is 25.0 Å². The molecule has 4 aromatic heterocycles. The fourth-order valence-electron chi connectivity index (χ4n) is 3.54. The van der Waals surface area contributed by atoms with Gasteiger partial charge in [0.25, 0.3) is 0 Å². The number of aromatic nitrogens is 5. The van der Waals surface area contributed by atoms with Gasteiger partial charge < -0.3 is 15.2 Å². The van der Waals surface area contributed by atoms with E-state index in [-0.39, 0.29) is 5.88 Å². The van der Waals surface area contributed by atoms with Crippen molar-refractivity contribution in [3.8, 4) is 17.1 Å². The molecule has 30 heavy (non-hydrogen) atoms. The summed E-state index contributed by atoms with van der Waals surface area (Å²) in [4.78, 5) is 16.3. The molecule has 0 aliphatic rings. The van der Waals surface area contributed by atoms with E-state index in [9.17, 15) is 10.2 Å². The molecule has 4 heterocycles. The summed E-state index contributed by atoms with van der Waals surface area (Å²) in [5.74, 6) is 0.560. The van der Waals surface area contributed by atoms with Crippen molar-refractivity contribution < 1.29 is 10.2 Å². The van der Waals surface area contributed by atoms with Crippen LogP contribution in [0.15, 0.2) is 41.8 Å². The molecule has 0 aliphatic heterocycles. The summed E-state index contributed by atoms with van der Waals surface area (Å²) in [7, 11) is 0. The lowest BCUT2D eigenvalue weighted by Crippen LogP contribution is -2.13. The summed E-state index contributed by atoms with van der Waals surface area (Å²) in [6.07, 6.45) is 4.74. The van der Waals surface area contributed by atoms with Crippen LogP contribution in [0.25, 0.3) is 22.2 Å². The van der Waals surface area contributed by atoms with Gasteiger partial charge in [-0.1, -0.05) is 0 Å². The van der Waals surface area contributed by atoms with Crippen molar-refractivity contribution in [2.75, 3.05) is 0 Å². The summed E-state index contributed by atoms with van der Waals surface area (Å²) < 4.78 is 1.72. The molecule has 0 spiro atoms. The number of hydrogen-bond donors (Lipinski definition) is 3. The maximum Gasteiger partial charge on any atom is 0.198 e. The number of aliphatic hydroxyl groups is 1. The van der Waals surface area contributed by atoms with E-state index in [4.69, 9.17) is 0 Å². The first-order valence-electron chi connectivity index (χ1n) is 9.73. The van der Waals surface area contributed by atoms with E-state index in [1.807, 2.05) is 39.0 Å². The molecule has 1 atom stereocenters. The number of pyridine rings is 2. The van der Waals surface area contributed by atoms with Gasteiger partial charge in [-0.25, -0.2) is 4.99 Å². The minimum atomic E-state index is -0.499. The van der Waals surface area contributed by atoms with Gasteiger partial charge in [-0.15, -0.1) is 0 Å². The normalized spacial score (nSPS) is 13.2. The van der Waals surface area contributed by atoms with Crippen molar-refractivity contribution in [3.63, 3.8) is 0 Å². The first kappa shape index (κ1) is 19.8. The molecule has 0 fully saturated rings. The highest BCUT2D eigenvalue weighted by atomic mass is 16.3. The van der Waals surface area contributed by atoms with Crippen LogP contribution in [0.2, 0.25) is 0 Å². The maximum absolute atomic E-state index is 10.5. The molecule has 154 valence electrons. The maximum atomic E-state index is 10.5. The molecule has 0 aliphatic carbocycles. The predicted molar refractivity (Wildman–Crippen MR) is 116 cm³/mol. The molecule has 1 unspecified atom stereocenters. The summed E-state index contributed by atoms with van der Waals surface area (Å²) in [5.41, 5.74) is 5.65. The lowest BCUT2D eigenvalue weighted by atomic mass is 10.0. The number of fused-ring (bicyclic) bond motifs is 1. The standard InChI is InChI=1S/C22H24N6O2/c1-12-5-6-23-9-17(12)18-8-16-19(10-24-18)26-22(30)21(16)15(4)25-20-7-13(2)28(27-20)11-14(3)29/h5-10,14,26,29-30H,11H2,1-4H3. The van der Waals surface area contributed by atoms with E-state index in [0.717, 1.165) is 33.4 Å². The Kier molecular flexibility index (Phi) is 5.09. The van der Waals surface area contributed by atoms with Crippen molar-refractivity contribution >= 4 is 22.4 Å². The van der Waals surface area contributed by atoms with E-state index >= 15 is 0 Å². The fourth-order valence-corrected chi connectivity index (χ4v) is 3.54. The number of rotatable bonds is 5. The Bertz CT molecular complexity index is 1250. The zero-order valence-electron chi connectivity index (χ0n) is 17.4. The molecule has 4 rings (SSSR count). The SMILES string of the molecule is CC(=Nc1cc(C)n(CC(C)O)n1)c1c(O)[nH]c2cnc(-c3cnccc3C)cc12. The summed E-state index contributed by atoms with van der Waals surface area (Å²) in [6.45, 7) is 7.88. The Morgan fingerprint density at radius 1 is 1.27 bits per heavy atom. The average molecular weight is 404 g/mol. The highest BCUT2D eigenvalue weighted by Crippen LogP contribution is 2.32. The van der Waals surface area contributed by atoms with Gasteiger partial charge in [0.2, 0.25) is 0 Å². The molecule has 0 saturated carbocycles. The molecule has 0 amide bonds. The average Bonchev–Trinajstić information content (AvgIpc) is 3.19. The van der Waals surface area contributed by atoms with Crippen molar-refractivity contribution in [1.29, 1.82) is 0 Å². The van der Waals surface area contributed by atoms with Crippen LogP contribution in [0, 0.1) is 13.8 Å². The van der Waals surface area contributed by atoms with Gasteiger partial charge in [0, 0.05) is 35.1 Å². The number of nitrogens with zero attached hydrogens (tertiary/aromatic N) is 5. The number of aryl methyl sites for hydroxylation is 2. The van der Waals surface area contributed by atoms with Gasteiger partial charge in [0.1, 0.15) is 0 Å². The minimum absolute atomic E-state index is 0.0354. The predicted octanol–water partition coefficient (Wildman–Crippen LogP) is 3.67. The van der Waals surface area contributed by atoms with Gasteiger partial charge >= 0.3 is 0 Å². The van der Waals surface area contributed by atoms with E-state index in [1.165, 1.54) is 0 Å². The Morgan fingerprint density at radius 3 is 2.80 bits per heavy atom. The molecule has 4 aromatic rings. The van der Waals surface area contributed by atoms with Crippen LogP contribution in [0.1, 0.15) is 30.7 Å². The first-order chi connectivity index (χ1) is 14.3. The van der Waals surface area contributed by atoms with Gasteiger partial charge in [-0.2, -0.15) is 5.10 Å². The van der Waals surface area contributed by atoms with Crippen LogP contribution in [0.3, 0.4) is 0 Å². The second kappa shape index (κ2) is 7.72. The van der Waals surface area contributed by atoms with Crippen LogP contribution in [0.4, 0.5) is 5.82 Å². The van der Waals surface area contributed by atoms with Crippen LogP contribution in [-0.4, -0.2) is 46.8 Å². The molecular formula is C22H24N6O2. The number of hydrogen-bond acceptors (Lipinski definition) is 6. The Hall–Kier alpha value is -3.52. The number of aliphatic imine (C=N–C) groups is 1. The molecule has 8 heteroatoms. The Morgan fingerprint density at radius 2 is 2.07 bits per heavy atom. The third-order valence-corrected chi connectivity index (χ3v) is 5.03. The number of nitrogens with one attached hydrogen (secondary N) is 1. The number of aromatic hydroxyl groups is 1. The lowest BCUT2D eigenvalue weighted by molar-refractivity contribution is 0.167. The first-order valence-corrected chi connectivity index (χ1v) is 9.73. The third-order valence-electron chi connectivity index (χ3n) is 5.03. The van der Waals surface area contributed by atoms with E-state index in [1.54, 1.807) is 30.2 Å². The monoisotopic (exact) mass is 404 g/mol. The van der Waals surface area contributed by atoms with Crippen LogP contribution in [-0.2, 0) is 6.54 Å². The zero-order chi connectivity index (χ0) is 21.4. The largest absolute Gasteiger partial charge is 0.494 e. The van der Waals surface area contributed by atoms with E-state index in [0.29, 0.717) is 23.6 Å². The Balaban J connectivity index is 1.78. The smallest absolute Gasteiger partial charge is 0.198 e. The second-order valence-corrected chi connectivity index (χ2v) is 7.53. The van der Waals surface area contributed by atoms with Gasteiger partial charge in [-0.3, -0.25) is 14.6 Å². The summed E-state index contributed by atoms with van der Waals surface area (Å²) in [5, 5.41) is 25.4. The fraction of sp³-hybridized carbons (Fsp3) is 0.273. The number of aromatic amines is 1. The molecule has 0 radical (unpaired) electrons. The second-order valence-electron chi connectivity index (χ2n) is 7.53. The van der Waals surface area contributed by atoms with Crippen molar-refractivity contribution in [2.45, 2.75) is 40.3 Å². The van der Waals surface area contributed by atoms with Gasteiger partial charge in [0.05, 0.1) is 41.3 Å². The third kappa shape index (κ3) is 3.69. The van der Waals surface area contributed by atoms with Crippen LogP contribution >= 0.6 is 0 Å². The lowest BCUT2D eigenvalue weighted by Gasteiger charge is -2.06. The zero-order valence-corrected chi connectivity index (χ0v) is 17.4. The molecular weight excluding hydrogens is 380 g/mol. The molecule has 3 N–H and O–H groups in total. The molecule has 8 nitrogen and oxygen atoms in total. The molecule has 0 aromatic carbocycles.